The van der Waals surface area contributed by atoms with Gasteiger partial charge in [-0.05, 0) is 43.6 Å². The minimum atomic E-state index is -0.718. The van der Waals surface area contributed by atoms with Crippen LogP contribution in [0.15, 0.2) is 30.3 Å². The molecule has 1 aromatic carbocycles. The summed E-state index contributed by atoms with van der Waals surface area (Å²) >= 11 is 0. The van der Waals surface area contributed by atoms with Crippen LogP contribution in [0.25, 0.3) is 0 Å². The monoisotopic (exact) mass is 302 g/mol. The molecule has 1 spiro atoms. The lowest BCUT2D eigenvalue weighted by atomic mass is 9.77. The highest BCUT2D eigenvalue weighted by Crippen LogP contribution is 2.67. The molecule has 0 bridgehead atoms. The Labute approximate surface area is 130 Å². The molecule has 0 aromatic heterocycles. The van der Waals surface area contributed by atoms with Gasteiger partial charge in [0.05, 0.1) is 25.0 Å². The van der Waals surface area contributed by atoms with Gasteiger partial charge in [-0.25, -0.2) is 0 Å². The van der Waals surface area contributed by atoms with Crippen LogP contribution in [0.2, 0.25) is 0 Å². The molecule has 3 rings (SSSR count). The smallest absolute Gasteiger partial charge is 0.316 e. The third kappa shape index (κ3) is 2.21. The van der Waals surface area contributed by atoms with Gasteiger partial charge in [0, 0.05) is 0 Å². The van der Waals surface area contributed by atoms with E-state index in [1.54, 1.807) is 0 Å². The van der Waals surface area contributed by atoms with E-state index in [1.807, 2.05) is 37.3 Å². The van der Waals surface area contributed by atoms with Crippen LogP contribution in [0.5, 0.6) is 0 Å². The SMILES string of the molecule is CCOC(=O)[C@H]1C[C@@](C(=O)OC)(c2ccccc2)CC12CC2. The molecule has 0 heterocycles. The van der Waals surface area contributed by atoms with Crippen molar-refractivity contribution in [3.05, 3.63) is 35.9 Å². The second-order valence-electron chi connectivity index (χ2n) is 6.49. The molecule has 2 atom stereocenters. The van der Waals surface area contributed by atoms with Crippen molar-refractivity contribution in [1.29, 1.82) is 0 Å². The minimum absolute atomic E-state index is 0.0731. The Kier molecular flexibility index (Phi) is 3.71. The van der Waals surface area contributed by atoms with E-state index in [4.69, 9.17) is 9.47 Å². The molecule has 1 aromatic rings. The molecule has 0 unspecified atom stereocenters. The summed E-state index contributed by atoms with van der Waals surface area (Å²) in [4.78, 5) is 25.0. The molecule has 2 aliphatic rings. The summed E-state index contributed by atoms with van der Waals surface area (Å²) in [5, 5.41) is 0. The van der Waals surface area contributed by atoms with Gasteiger partial charge in [0.2, 0.25) is 0 Å². The standard InChI is InChI=1S/C18H22O4/c1-3-22-15(19)14-11-18(16(20)21-2,12-17(14)9-10-17)13-7-5-4-6-8-13/h4-8,14H,3,9-12H2,1-2H3/t14-,18+/m1/s1. The topological polar surface area (TPSA) is 52.6 Å². The van der Waals surface area contributed by atoms with E-state index in [0.717, 1.165) is 18.4 Å². The third-order valence-electron chi connectivity index (χ3n) is 5.31. The molecule has 2 saturated carbocycles. The van der Waals surface area contributed by atoms with E-state index >= 15 is 0 Å². The Bertz CT molecular complexity index is 576. The summed E-state index contributed by atoms with van der Waals surface area (Å²) in [6.45, 7) is 2.19. The Morgan fingerprint density at radius 2 is 1.91 bits per heavy atom. The number of methoxy groups -OCH3 is 1. The van der Waals surface area contributed by atoms with Crippen molar-refractivity contribution in [3.63, 3.8) is 0 Å². The lowest BCUT2D eigenvalue weighted by Gasteiger charge is -2.27. The maximum Gasteiger partial charge on any atom is 0.316 e. The average molecular weight is 302 g/mol. The van der Waals surface area contributed by atoms with E-state index < -0.39 is 5.41 Å². The van der Waals surface area contributed by atoms with E-state index in [-0.39, 0.29) is 23.3 Å². The molecule has 0 amide bonds. The summed E-state index contributed by atoms with van der Waals surface area (Å²) < 4.78 is 10.4. The average Bonchev–Trinajstić information content (AvgIpc) is 3.21. The normalized spacial score (nSPS) is 28.4. The van der Waals surface area contributed by atoms with Crippen LogP contribution in [-0.4, -0.2) is 25.7 Å². The van der Waals surface area contributed by atoms with Gasteiger partial charge in [0.15, 0.2) is 0 Å². The van der Waals surface area contributed by atoms with Crippen LogP contribution in [0.1, 0.15) is 38.2 Å². The lowest BCUT2D eigenvalue weighted by molar-refractivity contribution is -0.150. The quantitative estimate of drug-likeness (QED) is 0.803. The largest absolute Gasteiger partial charge is 0.468 e. The number of hydrogen-bond donors (Lipinski definition) is 0. The van der Waals surface area contributed by atoms with E-state index in [2.05, 4.69) is 0 Å². The molecule has 0 aliphatic heterocycles. The Hall–Kier alpha value is -1.84. The predicted molar refractivity (Wildman–Crippen MR) is 81.2 cm³/mol. The van der Waals surface area contributed by atoms with E-state index in [1.165, 1.54) is 7.11 Å². The van der Waals surface area contributed by atoms with Crippen molar-refractivity contribution in [1.82, 2.24) is 0 Å². The van der Waals surface area contributed by atoms with Crippen molar-refractivity contribution in [3.8, 4) is 0 Å². The first kappa shape index (κ1) is 15.1. The first-order valence-electron chi connectivity index (χ1n) is 7.88. The molecule has 4 nitrogen and oxygen atoms in total. The second-order valence-corrected chi connectivity index (χ2v) is 6.49. The Morgan fingerprint density at radius 1 is 1.23 bits per heavy atom. The van der Waals surface area contributed by atoms with Gasteiger partial charge in [-0.15, -0.1) is 0 Å². The van der Waals surface area contributed by atoms with Crippen molar-refractivity contribution in [2.24, 2.45) is 11.3 Å². The summed E-state index contributed by atoms with van der Waals surface area (Å²) in [6, 6.07) is 9.70. The Morgan fingerprint density at radius 3 is 2.45 bits per heavy atom. The lowest BCUT2D eigenvalue weighted by Crippen LogP contribution is -2.35. The molecule has 2 aliphatic carbocycles. The fraction of sp³-hybridized carbons (Fsp3) is 0.556. The zero-order valence-electron chi connectivity index (χ0n) is 13.1. The second kappa shape index (κ2) is 5.41. The molecule has 118 valence electrons. The number of benzene rings is 1. The number of esters is 2. The first-order chi connectivity index (χ1) is 10.6. The number of carbonyl (C=O) groups is 2. The van der Waals surface area contributed by atoms with Crippen LogP contribution in [0.3, 0.4) is 0 Å². The van der Waals surface area contributed by atoms with Gasteiger partial charge in [-0.3, -0.25) is 9.59 Å². The first-order valence-corrected chi connectivity index (χ1v) is 7.88. The molecule has 0 saturated heterocycles. The third-order valence-corrected chi connectivity index (χ3v) is 5.31. The summed E-state index contributed by atoms with van der Waals surface area (Å²) in [7, 11) is 1.42. The highest BCUT2D eigenvalue weighted by molar-refractivity contribution is 5.87. The number of carbonyl (C=O) groups excluding carboxylic acids is 2. The Balaban J connectivity index is 1.99. The van der Waals surface area contributed by atoms with Crippen LogP contribution >= 0.6 is 0 Å². The van der Waals surface area contributed by atoms with Crippen molar-refractivity contribution in [2.75, 3.05) is 13.7 Å². The van der Waals surface area contributed by atoms with Crippen LogP contribution < -0.4 is 0 Å². The maximum absolute atomic E-state index is 12.6. The van der Waals surface area contributed by atoms with Gasteiger partial charge >= 0.3 is 11.9 Å². The highest BCUT2D eigenvalue weighted by Gasteiger charge is 2.66. The molecular formula is C18H22O4. The van der Waals surface area contributed by atoms with Gasteiger partial charge in [-0.1, -0.05) is 30.3 Å². The number of rotatable bonds is 4. The van der Waals surface area contributed by atoms with Gasteiger partial charge in [-0.2, -0.15) is 0 Å². The van der Waals surface area contributed by atoms with Gasteiger partial charge in [0.25, 0.3) is 0 Å². The minimum Gasteiger partial charge on any atom is -0.468 e. The molecule has 0 N–H and O–H groups in total. The van der Waals surface area contributed by atoms with Gasteiger partial charge in [0.1, 0.15) is 0 Å². The van der Waals surface area contributed by atoms with E-state index in [0.29, 0.717) is 19.4 Å². The fourth-order valence-corrected chi connectivity index (χ4v) is 4.07. The van der Waals surface area contributed by atoms with E-state index in [9.17, 15) is 9.59 Å². The van der Waals surface area contributed by atoms with Crippen LogP contribution in [0, 0.1) is 11.3 Å². The summed E-state index contributed by atoms with van der Waals surface area (Å²) in [5.41, 5.74) is 0.153. The summed E-state index contributed by atoms with van der Waals surface area (Å²) in [6.07, 6.45) is 3.15. The fourth-order valence-electron chi connectivity index (χ4n) is 4.07. The molecular weight excluding hydrogens is 280 g/mol. The predicted octanol–water partition coefficient (Wildman–Crippen LogP) is 2.85. The molecule has 2 fully saturated rings. The zero-order chi connectivity index (χ0) is 15.8. The van der Waals surface area contributed by atoms with Gasteiger partial charge < -0.3 is 9.47 Å². The van der Waals surface area contributed by atoms with Crippen LogP contribution in [-0.2, 0) is 24.5 Å². The van der Waals surface area contributed by atoms with Crippen molar-refractivity contribution in [2.45, 2.75) is 38.0 Å². The molecule has 22 heavy (non-hydrogen) atoms. The zero-order valence-corrected chi connectivity index (χ0v) is 13.1. The van der Waals surface area contributed by atoms with Crippen LogP contribution in [0.4, 0.5) is 0 Å². The van der Waals surface area contributed by atoms with Crippen molar-refractivity contribution < 1.29 is 19.1 Å². The molecule has 0 radical (unpaired) electrons. The number of ether oxygens (including phenoxy) is 2. The number of hydrogen-bond acceptors (Lipinski definition) is 4. The van der Waals surface area contributed by atoms with Crippen molar-refractivity contribution >= 4 is 11.9 Å². The maximum atomic E-state index is 12.6. The molecule has 4 heteroatoms. The summed E-state index contributed by atoms with van der Waals surface area (Å²) in [5.74, 6) is -0.606. The highest BCUT2D eigenvalue weighted by atomic mass is 16.5.